The third-order valence-electron chi connectivity index (χ3n) is 6.82. The van der Waals surface area contributed by atoms with Gasteiger partial charge in [-0.2, -0.15) is 0 Å². The van der Waals surface area contributed by atoms with E-state index in [-0.39, 0.29) is 5.91 Å². The Balaban J connectivity index is 0.00000105. The molecule has 0 aliphatic heterocycles. The number of allylic oxidation sites excluding steroid dienone is 3. The number of nitrogens with one attached hydrogen (secondary N) is 2. The van der Waals surface area contributed by atoms with Gasteiger partial charge < -0.3 is 10.3 Å². The molecule has 0 saturated heterocycles. The molecule has 0 bridgehead atoms. The molecule has 4 rings (SSSR count). The molecule has 40 heavy (non-hydrogen) atoms. The van der Waals surface area contributed by atoms with Crippen molar-refractivity contribution in [2.24, 2.45) is 5.92 Å². The van der Waals surface area contributed by atoms with Crippen LogP contribution in [0.25, 0.3) is 29.1 Å². The zero-order valence-corrected chi connectivity index (χ0v) is 25.1. The van der Waals surface area contributed by atoms with Gasteiger partial charge in [0, 0.05) is 16.8 Å². The van der Waals surface area contributed by atoms with Crippen molar-refractivity contribution in [2.45, 2.75) is 73.1 Å². The molecule has 3 aromatic rings. The summed E-state index contributed by atoms with van der Waals surface area (Å²) in [5.41, 5.74) is 5.71. The molecule has 2 N–H and O–H groups in total. The number of aryl methyl sites for hydroxylation is 1. The van der Waals surface area contributed by atoms with Crippen molar-refractivity contribution in [1.82, 2.24) is 15.3 Å². The molecular formula is C36H47N3O. The molecule has 1 amide bonds. The second-order valence-electron chi connectivity index (χ2n) is 9.86. The average Bonchev–Trinajstić information content (AvgIpc) is 3.17. The maximum absolute atomic E-state index is 12.5. The second kappa shape index (κ2) is 16.9. The fourth-order valence-corrected chi connectivity index (χ4v) is 4.71. The highest BCUT2D eigenvalue weighted by atomic mass is 16.1. The second-order valence-corrected chi connectivity index (χ2v) is 9.86. The number of rotatable bonds is 6. The number of benzene rings is 2. The van der Waals surface area contributed by atoms with Crippen molar-refractivity contribution in [3.63, 3.8) is 0 Å². The third-order valence-corrected chi connectivity index (χ3v) is 6.82. The number of aromatic amines is 1. The van der Waals surface area contributed by atoms with Crippen molar-refractivity contribution >= 4 is 23.6 Å². The van der Waals surface area contributed by atoms with Gasteiger partial charge in [0.15, 0.2) is 0 Å². The summed E-state index contributed by atoms with van der Waals surface area (Å²) in [5, 5.41) is 4.49. The Bertz CT molecular complexity index is 1370. The number of carbonyl (C=O) groups is 1. The Morgan fingerprint density at radius 3 is 2.02 bits per heavy atom. The van der Waals surface area contributed by atoms with Gasteiger partial charge >= 0.3 is 0 Å². The molecule has 0 atom stereocenters. The molecule has 1 fully saturated rings. The highest BCUT2D eigenvalue weighted by Gasteiger charge is 2.16. The van der Waals surface area contributed by atoms with Crippen molar-refractivity contribution in [3.05, 3.63) is 107 Å². The van der Waals surface area contributed by atoms with Gasteiger partial charge in [-0.05, 0) is 68.9 Å². The number of amides is 1. The maximum Gasteiger partial charge on any atom is 0.255 e. The van der Waals surface area contributed by atoms with Crippen LogP contribution in [0.4, 0.5) is 0 Å². The number of nitrogens with zero attached hydrogens (tertiary/aromatic N) is 1. The number of aromatic nitrogens is 2. The fraction of sp³-hybridized carbons (Fsp3) is 0.333. The standard InChI is InChI=1S/C31H35N3O.C3H6.C2H6/c1-5-28-29(20-22(3)32-31(35)27-14-12-21(2)13-15-27)34-30(33-28)26-18-16-25(17-19-26)23(4)24-10-8-6-7-9-11-24;1-3-2;1-2/h5,12-20,24H,3-4,6-11H2,1-2H3,(H,32,35)(H,33,34);3H,1H2,2H3;1-2H3/b28-5+,29-20+;;. The first kappa shape index (κ1) is 32.3. The molecule has 2 aromatic carbocycles. The molecule has 0 unspecified atom stereocenters. The summed E-state index contributed by atoms with van der Waals surface area (Å²) >= 11 is 0. The average molecular weight is 538 g/mol. The largest absolute Gasteiger partial charge is 0.338 e. The summed E-state index contributed by atoms with van der Waals surface area (Å²) in [7, 11) is 0. The Hall–Kier alpha value is -3.92. The van der Waals surface area contributed by atoms with Crippen molar-refractivity contribution in [2.75, 3.05) is 0 Å². The highest BCUT2D eigenvalue weighted by molar-refractivity contribution is 5.96. The fourth-order valence-electron chi connectivity index (χ4n) is 4.71. The zero-order valence-electron chi connectivity index (χ0n) is 25.1. The minimum atomic E-state index is -0.183. The number of hydrogen-bond acceptors (Lipinski definition) is 2. The van der Waals surface area contributed by atoms with Crippen LogP contribution in [-0.4, -0.2) is 15.9 Å². The van der Waals surface area contributed by atoms with Crippen LogP contribution in [0.5, 0.6) is 0 Å². The summed E-state index contributed by atoms with van der Waals surface area (Å²) in [6.45, 7) is 21.6. The Kier molecular flexibility index (Phi) is 13.7. The molecule has 0 spiro atoms. The van der Waals surface area contributed by atoms with Crippen LogP contribution in [0.3, 0.4) is 0 Å². The van der Waals surface area contributed by atoms with Crippen molar-refractivity contribution < 1.29 is 4.79 Å². The number of carbonyl (C=O) groups excluding carboxylic acids is 1. The van der Waals surface area contributed by atoms with E-state index in [4.69, 9.17) is 4.98 Å². The normalized spacial score (nSPS) is 14.1. The molecule has 1 aliphatic carbocycles. The summed E-state index contributed by atoms with van der Waals surface area (Å²) < 4.78 is 0. The van der Waals surface area contributed by atoms with Gasteiger partial charge in [-0.1, -0.05) is 107 Å². The molecule has 1 heterocycles. The van der Waals surface area contributed by atoms with E-state index in [1.165, 1.54) is 49.7 Å². The first-order valence-corrected chi connectivity index (χ1v) is 14.5. The first-order chi connectivity index (χ1) is 19.4. The van der Waals surface area contributed by atoms with Crippen molar-refractivity contribution in [1.29, 1.82) is 0 Å². The monoisotopic (exact) mass is 537 g/mol. The molecule has 212 valence electrons. The van der Waals surface area contributed by atoms with Gasteiger partial charge in [0.05, 0.1) is 10.7 Å². The van der Waals surface area contributed by atoms with Crippen LogP contribution in [0.15, 0.2) is 80.0 Å². The summed E-state index contributed by atoms with van der Waals surface area (Å²) in [6, 6.07) is 16.0. The quantitative estimate of drug-likeness (QED) is 0.246. The van der Waals surface area contributed by atoms with E-state index < -0.39 is 0 Å². The Labute approximate surface area is 241 Å². The van der Waals surface area contributed by atoms with Gasteiger partial charge in [0.2, 0.25) is 0 Å². The Morgan fingerprint density at radius 1 is 0.925 bits per heavy atom. The van der Waals surface area contributed by atoms with Crippen LogP contribution >= 0.6 is 0 Å². The lowest BCUT2D eigenvalue weighted by atomic mass is 9.88. The van der Waals surface area contributed by atoms with E-state index in [0.29, 0.717) is 17.2 Å². The predicted octanol–water partition coefficient (Wildman–Crippen LogP) is 8.11. The molecule has 1 aromatic heterocycles. The third kappa shape index (κ3) is 9.37. The Morgan fingerprint density at radius 2 is 1.48 bits per heavy atom. The molecule has 4 heteroatoms. The van der Waals surface area contributed by atoms with Gasteiger partial charge in [0.25, 0.3) is 5.91 Å². The first-order valence-electron chi connectivity index (χ1n) is 14.5. The molecule has 4 nitrogen and oxygen atoms in total. The maximum atomic E-state index is 12.5. The van der Waals surface area contributed by atoms with Crippen LogP contribution in [-0.2, 0) is 0 Å². The lowest BCUT2D eigenvalue weighted by Gasteiger charge is -2.17. The van der Waals surface area contributed by atoms with Crippen LogP contribution in [0, 0.1) is 12.8 Å². The summed E-state index contributed by atoms with van der Waals surface area (Å²) in [6.07, 6.45) is 13.3. The number of hydrogen-bond donors (Lipinski definition) is 2. The van der Waals surface area contributed by atoms with E-state index in [9.17, 15) is 4.79 Å². The van der Waals surface area contributed by atoms with E-state index >= 15 is 0 Å². The minimum absolute atomic E-state index is 0.183. The SMILES string of the molecule is C=C(/C=c1/[nH]c(-c2ccc(C(=C)C3CCCCCC3)cc2)n/c1=C/C)NC(=O)c1ccc(C)cc1.C=CC.CC. The van der Waals surface area contributed by atoms with Gasteiger partial charge in [0.1, 0.15) is 5.82 Å². The lowest BCUT2D eigenvalue weighted by Crippen LogP contribution is -2.27. The molecular weight excluding hydrogens is 490 g/mol. The molecule has 1 saturated carbocycles. The topological polar surface area (TPSA) is 57.8 Å². The predicted molar refractivity (Wildman–Crippen MR) is 173 cm³/mol. The van der Waals surface area contributed by atoms with Gasteiger partial charge in [-0.25, -0.2) is 4.98 Å². The zero-order chi connectivity index (χ0) is 29.5. The lowest BCUT2D eigenvalue weighted by molar-refractivity contribution is 0.0968. The minimum Gasteiger partial charge on any atom is -0.338 e. The number of H-pyrrole nitrogens is 1. The molecule has 0 radical (unpaired) electrons. The van der Waals surface area contributed by atoms with E-state index in [0.717, 1.165) is 27.6 Å². The van der Waals surface area contributed by atoms with E-state index in [1.807, 2.05) is 71.0 Å². The van der Waals surface area contributed by atoms with E-state index in [1.54, 1.807) is 6.08 Å². The van der Waals surface area contributed by atoms with Gasteiger partial charge in [-0.3, -0.25) is 4.79 Å². The van der Waals surface area contributed by atoms with Gasteiger partial charge in [-0.15, -0.1) is 6.58 Å². The van der Waals surface area contributed by atoms with Crippen molar-refractivity contribution in [3.8, 4) is 11.4 Å². The number of imidazole rings is 1. The summed E-state index contributed by atoms with van der Waals surface area (Å²) in [4.78, 5) is 20.7. The van der Waals surface area contributed by atoms with E-state index in [2.05, 4.69) is 54.3 Å². The smallest absolute Gasteiger partial charge is 0.255 e. The molecule has 1 aliphatic rings. The van der Waals surface area contributed by atoms with Crippen LogP contribution < -0.4 is 16.0 Å². The summed E-state index contributed by atoms with van der Waals surface area (Å²) in [5.74, 6) is 1.20. The highest BCUT2D eigenvalue weighted by Crippen LogP contribution is 2.33. The van der Waals surface area contributed by atoms with Crippen LogP contribution in [0.2, 0.25) is 0 Å². The van der Waals surface area contributed by atoms with Crippen LogP contribution in [0.1, 0.15) is 87.7 Å².